The highest BCUT2D eigenvalue weighted by molar-refractivity contribution is 8.02. The van der Waals surface area contributed by atoms with Crippen molar-refractivity contribution in [3.05, 3.63) is 65.5 Å². The van der Waals surface area contributed by atoms with Gasteiger partial charge in [0, 0.05) is 31.5 Å². The first kappa shape index (κ1) is 16.4. The Morgan fingerprint density at radius 3 is 2.68 bits per heavy atom. The summed E-state index contributed by atoms with van der Waals surface area (Å²) in [6, 6.07) is 6.04. The number of rotatable bonds is 3. The fourth-order valence-electron chi connectivity index (χ4n) is 3.33. The summed E-state index contributed by atoms with van der Waals surface area (Å²) in [7, 11) is 0. The van der Waals surface area contributed by atoms with Gasteiger partial charge in [-0.25, -0.2) is 8.78 Å². The molecule has 130 valence electrons. The quantitative estimate of drug-likeness (QED) is 0.906. The maximum absolute atomic E-state index is 14.3. The first-order valence-electron chi connectivity index (χ1n) is 8.14. The molecule has 0 amide bonds. The van der Waals surface area contributed by atoms with E-state index in [0.717, 1.165) is 30.9 Å². The van der Waals surface area contributed by atoms with Crippen LogP contribution in [0.25, 0.3) is 0 Å². The Morgan fingerprint density at radius 1 is 1.16 bits per heavy atom. The van der Waals surface area contributed by atoms with Crippen LogP contribution in [-0.4, -0.2) is 24.1 Å². The molecule has 2 aliphatic rings. The molecule has 4 nitrogen and oxygen atoms in total. The zero-order chi connectivity index (χ0) is 17.4. The molecule has 1 aromatic heterocycles. The molecule has 0 spiro atoms. The van der Waals surface area contributed by atoms with E-state index in [4.69, 9.17) is 5.73 Å². The Bertz CT molecular complexity index is 793. The van der Waals surface area contributed by atoms with Crippen molar-refractivity contribution >= 4 is 23.1 Å². The number of halogens is 2. The van der Waals surface area contributed by atoms with E-state index in [1.807, 2.05) is 22.6 Å². The number of nitrogens with zero attached hydrogens (tertiary/aromatic N) is 3. The van der Waals surface area contributed by atoms with Gasteiger partial charge >= 0.3 is 0 Å². The number of aromatic nitrogens is 1. The lowest BCUT2D eigenvalue weighted by atomic mass is 10.1. The molecule has 2 aromatic rings. The molecule has 25 heavy (non-hydrogen) atoms. The van der Waals surface area contributed by atoms with Crippen LogP contribution in [0.1, 0.15) is 17.4 Å². The van der Waals surface area contributed by atoms with E-state index in [1.165, 1.54) is 30.0 Å². The number of nitrogens with two attached hydrogens (primary N) is 1. The molecule has 1 fully saturated rings. The molecular formula is C18H18F2N4S. The third-order valence-electron chi connectivity index (χ3n) is 4.55. The van der Waals surface area contributed by atoms with Gasteiger partial charge in [-0.1, -0.05) is 6.07 Å². The molecule has 0 radical (unpaired) electrons. The minimum absolute atomic E-state index is 0.0606. The predicted octanol–water partition coefficient (Wildman–Crippen LogP) is 3.62. The van der Waals surface area contributed by atoms with E-state index in [9.17, 15) is 8.78 Å². The van der Waals surface area contributed by atoms with Gasteiger partial charge in [-0.05, 0) is 30.0 Å². The lowest BCUT2D eigenvalue weighted by Gasteiger charge is -2.30. The van der Waals surface area contributed by atoms with Crippen molar-refractivity contribution in [2.75, 3.05) is 22.9 Å². The van der Waals surface area contributed by atoms with Gasteiger partial charge in [0.25, 0.3) is 0 Å². The summed E-state index contributed by atoms with van der Waals surface area (Å²) in [5.74, 6) is -1.08. The van der Waals surface area contributed by atoms with Crippen LogP contribution in [0.15, 0.2) is 48.3 Å². The minimum Gasteiger partial charge on any atom is -0.368 e. The first-order valence-corrected chi connectivity index (χ1v) is 9.08. The van der Waals surface area contributed by atoms with Gasteiger partial charge < -0.3 is 15.5 Å². The Labute approximate surface area is 149 Å². The summed E-state index contributed by atoms with van der Waals surface area (Å²) in [4.78, 5) is 8.30. The summed E-state index contributed by atoms with van der Waals surface area (Å²) >= 11 is 1.37. The molecule has 2 atom stereocenters. The SMILES string of the molecule is NC1CCN(c2ccncc2N2C=CSC2c2c(F)cccc2F)C1. The van der Waals surface area contributed by atoms with Gasteiger partial charge in [0.15, 0.2) is 0 Å². The first-order chi connectivity index (χ1) is 12.1. The number of pyridine rings is 1. The second-order valence-electron chi connectivity index (χ2n) is 6.18. The average Bonchev–Trinajstić information content (AvgIpc) is 3.24. The molecule has 2 aliphatic heterocycles. The van der Waals surface area contributed by atoms with Crippen molar-refractivity contribution in [1.29, 1.82) is 0 Å². The van der Waals surface area contributed by atoms with Gasteiger partial charge in [-0.15, -0.1) is 11.8 Å². The maximum Gasteiger partial charge on any atom is 0.132 e. The number of hydrogen-bond acceptors (Lipinski definition) is 5. The van der Waals surface area contributed by atoms with Gasteiger partial charge in [-0.3, -0.25) is 4.98 Å². The summed E-state index contributed by atoms with van der Waals surface area (Å²) in [5, 5.41) is 1.35. The third-order valence-corrected chi connectivity index (χ3v) is 5.55. The molecule has 4 rings (SSSR count). The van der Waals surface area contributed by atoms with Crippen LogP contribution in [0.2, 0.25) is 0 Å². The molecule has 2 unspecified atom stereocenters. The maximum atomic E-state index is 14.3. The van der Waals surface area contributed by atoms with E-state index in [-0.39, 0.29) is 11.6 Å². The zero-order valence-electron chi connectivity index (χ0n) is 13.5. The molecule has 2 N–H and O–H groups in total. The molecule has 7 heteroatoms. The molecule has 0 saturated carbocycles. The number of anilines is 2. The van der Waals surface area contributed by atoms with E-state index < -0.39 is 17.0 Å². The molecule has 0 bridgehead atoms. The van der Waals surface area contributed by atoms with Crippen LogP contribution in [0.4, 0.5) is 20.2 Å². The summed E-state index contributed by atoms with van der Waals surface area (Å²) in [6.45, 7) is 1.63. The monoisotopic (exact) mass is 360 g/mol. The molecule has 3 heterocycles. The van der Waals surface area contributed by atoms with Crippen molar-refractivity contribution in [2.45, 2.75) is 17.8 Å². The average molecular weight is 360 g/mol. The lowest BCUT2D eigenvalue weighted by Crippen LogP contribution is -2.28. The van der Waals surface area contributed by atoms with Crippen LogP contribution in [0, 0.1) is 11.6 Å². The van der Waals surface area contributed by atoms with E-state index >= 15 is 0 Å². The van der Waals surface area contributed by atoms with Gasteiger partial charge in [0.2, 0.25) is 0 Å². The molecular weight excluding hydrogens is 342 g/mol. The smallest absolute Gasteiger partial charge is 0.132 e. The fraction of sp³-hybridized carbons (Fsp3) is 0.278. The molecule has 1 saturated heterocycles. The topological polar surface area (TPSA) is 45.4 Å². The third kappa shape index (κ3) is 2.98. The van der Waals surface area contributed by atoms with Crippen molar-refractivity contribution in [1.82, 2.24) is 4.98 Å². The Kier molecular flexibility index (Phi) is 4.35. The van der Waals surface area contributed by atoms with E-state index in [2.05, 4.69) is 9.88 Å². The summed E-state index contributed by atoms with van der Waals surface area (Å²) < 4.78 is 28.6. The predicted molar refractivity (Wildman–Crippen MR) is 97.4 cm³/mol. The highest BCUT2D eigenvalue weighted by Crippen LogP contribution is 2.46. The van der Waals surface area contributed by atoms with Crippen LogP contribution in [0.5, 0.6) is 0 Å². The van der Waals surface area contributed by atoms with E-state index in [1.54, 1.807) is 12.4 Å². The van der Waals surface area contributed by atoms with Crippen LogP contribution < -0.4 is 15.5 Å². The molecule has 0 aliphatic carbocycles. The van der Waals surface area contributed by atoms with Gasteiger partial charge in [0.05, 0.1) is 23.1 Å². The van der Waals surface area contributed by atoms with Crippen LogP contribution in [0.3, 0.4) is 0 Å². The summed E-state index contributed by atoms with van der Waals surface area (Å²) in [5.41, 5.74) is 7.90. The van der Waals surface area contributed by atoms with Crippen LogP contribution in [-0.2, 0) is 0 Å². The van der Waals surface area contributed by atoms with Crippen LogP contribution >= 0.6 is 11.8 Å². The Morgan fingerprint density at radius 2 is 1.96 bits per heavy atom. The van der Waals surface area contributed by atoms with E-state index in [0.29, 0.717) is 0 Å². The Balaban J connectivity index is 1.73. The number of benzene rings is 1. The van der Waals surface area contributed by atoms with Crippen molar-refractivity contribution in [3.63, 3.8) is 0 Å². The van der Waals surface area contributed by atoms with Crippen molar-refractivity contribution in [3.8, 4) is 0 Å². The number of hydrogen-bond donors (Lipinski definition) is 1. The second-order valence-corrected chi connectivity index (χ2v) is 7.17. The highest BCUT2D eigenvalue weighted by Gasteiger charge is 2.31. The number of thioether (sulfide) groups is 1. The highest BCUT2D eigenvalue weighted by atomic mass is 32.2. The fourth-order valence-corrected chi connectivity index (χ4v) is 4.36. The Hall–Kier alpha value is -2.12. The normalized spacial score (nSPS) is 22.8. The van der Waals surface area contributed by atoms with Gasteiger partial charge in [0.1, 0.15) is 17.0 Å². The second kappa shape index (κ2) is 6.65. The minimum atomic E-state index is -0.542. The van der Waals surface area contributed by atoms with Crippen molar-refractivity contribution < 1.29 is 8.78 Å². The standard InChI is InChI=1S/C18H18F2N4S/c19-13-2-1-3-14(20)17(13)18-24(8-9-25-18)16-10-22-6-4-15(16)23-7-5-12(21)11-23/h1-4,6,8-10,12,18H,5,7,11,21H2. The zero-order valence-corrected chi connectivity index (χ0v) is 14.3. The molecule has 1 aromatic carbocycles. The lowest BCUT2D eigenvalue weighted by molar-refractivity contribution is 0.554. The van der Waals surface area contributed by atoms with Gasteiger partial charge in [-0.2, -0.15) is 0 Å². The summed E-state index contributed by atoms with van der Waals surface area (Å²) in [6.07, 6.45) is 6.24. The van der Waals surface area contributed by atoms with Crippen molar-refractivity contribution in [2.24, 2.45) is 5.73 Å². The largest absolute Gasteiger partial charge is 0.368 e.